The first-order valence-electron chi connectivity index (χ1n) is 5.80. The molecule has 1 heterocycles. The maximum atomic E-state index is 10.8. The van der Waals surface area contributed by atoms with Gasteiger partial charge in [0.15, 0.2) is 0 Å². The Morgan fingerprint density at radius 2 is 2.26 bits per heavy atom. The zero-order valence-corrected chi connectivity index (χ0v) is 10.4. The molecule has 0 unspecified atom stereocenters. The van der Waals surface area contributed by atoms with Crippen molar-refractivity contribution in [1.29, 1.82) is 0 Å². The second-order valence-electron chi connectivity index (χ2n) is 4.33. The van der Waals surface area contributed by atoms with Gasteiger partial charge in [0.25, 0.3) is 0 Å². The van der Waals surface area contributed by atoms with Crippen LogP contribution in [0, 0.1) is 6.92 Å². The molecule has 0 aliphatic carbocycles. The highest BCUT2D eigenvalue weighted by atomic mass is 16.4. The fourth-order valence-electron chi connectivity index (χ4n) is 1.99. The van der Waals surface area contributed by atoms with Gasteiger partial charge in [-0.3, -0.25) is 4.79 Å². The van der Waals surface area contributed by atoms with Crippen molar-refractivity contribution in [2.75, 3.05) is 0 Å². The lowest BCUT2D eigenvalue weighted by molar-refractivity contribution is -0.138. The molecule has 0 spiro atoms. The number of carbonyl (C=O) groups is 1. The zero-order valence-electron chi connectivity index (χ0n) is 10.4. The van der Waals surface area contributed by atoms with E-state index in [2.05, 4.69) is 9.97 Å². The molecule has 19 heavy (non-hydrogen) atoms. The second-order valence-corrected chi connectivity index (χ2v) is 4.33. The molecule has 2 rings (SSSR count). The molecule has 0 bridgehead atoms. The number of nitrogens with zero attached hydrogens (tertiary/aromatic N) is 1. The molecule has 0 saturated carbocycles. The van der Waals surface area contributed by atoms with Crippen LogP contribution in [0.2, 0.25) is 0 Å². The van der Waals surface area contributed by atoms with Crippen LogP contribution < -0.4 is 5.73 Å². The highest BCUT2D eigenvalue weighted by molar-refractivity contribution is 5.74. The third kappa shape index (κ3) is 2.58. The summed E-state index contributed by atoms with van der Waals surface area (Å²) in [5, 5.41) is 18.8. The number of phenolic OH excluding ortho intramolecular Hbond substituents is 1. The van der Waals surface area contributed by atoms with Crippen molar-refractivity contribution >= 4 is 5.97 Å². The summed E-state index contributed by atoms with van der Waals surface area (Å²) in [5.41, 5.74) is 7.66. The van der Waals surface area contributed by atoms with Crippen molar-refractivity contribution in [2.24, 2.45) is 5.73 Å². The molecule has 100 valence electrons. The standard InChI is InChI=1S/C13H15N3O3/c1-7-8(6-9(14)13(18)19)2-3-10(17)11(7)12-15-4-5-16-12/h2-5,9,17H,6,14H2,1H3,(H,15,16)(H,18,19)/t9-/m0/s1. The Morgan fingerprint density at radius 1 is 1.53 bits per heavy atom. The van der Waals surface area contributed by atoms with Crippen LogP contribution in [-0.4, -0.2) is 32.2 Å². The summed E-state index contributed by atoms with van der Waals surface area (Å²) in [5.74, 6) is -0.409. The van der Waals surface area contributed by atoms with Gasteiger partial charge in [0, 0.05) is 12.4 Å². The predicted molar refractivity (Wildman–Crippen MR) is 69.7 cm³/mol. The van der Waals surface area contributed by atoms with Gasteiger partial charge in [-0.25, -0.2) is 4.98 Å². The van der Waals surface area contributed by atoms with Crippen molar-refractivity contribution < 1.29 is 15.0 Å². The number of nitrogens with one attached hydrogen (secondary N) is 1. The van der Waals surface area contributed by atoms with E-state index < -0.39 is 12.0 Å². The van der Waals surface area contributed by atoms with E-state index in [1.54, 1.807) is 18.5 Å². The maximum absolute atomic E-state index is 10.8. The minimum absolute atomic E-state index is 0.0973. The lowest BCUT2D eigenvalue weighted by Gasteiger charge is -2.13. The lowest BCUT2D eigenvalue weighted by Crippen LogP contribution is -2.32. The van der Waals surface area contributed by atoms with E-state index in [9.17, 15) is 9.90 Å². The number of aromatic amines is 1. The molecule has 0 amide bonds. The second kappa shape index (κ2) is 5.11. The van der Waals surface area contributed by atoms with Crippen LogP contribution in [0.5, 0.6) is 5.75 Å². The average Bonchev–Trinajstić information content (AvgIpc) is 2.86. The number of nitrogens with two attached hydrogens (primary N) is 1. The summed E-state index contributed by atoms with van der Waals surface area (Å²) in [6.45, 7) is 1.81. The molecule has 1 aromatic carbocycles. The molecule has 0 aliphatic rings. The van der Waals surface area contributed by atoms with Gasteiger partial charge < -0.3 is 20.9 Å². The van der Waals surface area contributed by atoms with Gasteiger partial charge in [-0.2, -0.15) is 0 Å². The molecule has 2 aromatic rings. The highest BCUT2D eigenvalue weighted by Crippen LogP contribution is 2.32. The van der Waals surface area contributed by atoms with E-state index in [1.165, 1.54) is 6.07 Å². The Hall–Kier alpha value is -2.34. The number of rotatable bonds is 4. The first kappa shape index (κ1) is 13.1. The molecule has 0 saturated heterocycles. The highest BCUT2D eigenvalue weighted by Gasteiger charge is 2.18. The third-order valence-electron chi connectivity index (χ3n) is 3.05. The number of H-pyrrole nitrogens is 1. The lowest BCUT2D eigenvalue weighted by atomic mass is 9.96. The van der Waals surface area contributed by atoms with Gasteiger partial charge in [-0.1, -0.05) is 6.07 Å². The number of aliphatic carboxylic acids is 1. The number of hydrogen-bond donors (Lipinski definition) is 4. The number of aromatic nitrogens is 2. The smallest absolute Gasteiger partial charge is 0.320 e. The monoisotopic (exact) mass is 261 g/mol. The molecule has 5 N–H and O–H groups in total. The molecule has 1 atom stereocenters. The van der Waals surface area contributed by atoms with Gasteiger partial charge in [0.05, 0.1) is 5.56 Å². The number of carboxylic acid groups (broad SMARTS) is 1. The van der Waals surface area contributed by atoms with Crippen molar-refractivity contribution in [2.45, 2.75) is 19.4 Å². The van der Waals surface area contributed by atoms with E-state index in [0.717, 1.165) is 11.1 Å². The third-order valence-corrected chi connectivity index (χ3v) is 3.05. The Kier molecular flexibility index (Phi) is 3.52. The number of phenols is 1. The Labute approximate surface area is 109 Å². The minimum Gasteiger partial charge on any atom is -0.507 e. The molecule has 1 aromatic heterocycles. The minimum atomic E-state index is -1.05. The summed E-state index contributed by atoms with van der Waals surface area (Å²) in [4.78, 5) is 17.8. The van der Waals surface area contributed by atoms with Crippen LogP contribution in [0.4, 0.5) is 0 Å². The van der Waals surface area contributed by atoms with Crippen molar-refractivity contribution in [1.82, 2.24) is 9.97 Å². The van der Waals surface area contributed by atoms with Crippen LogP contribution in [0.1, 0.15) is 11.1 Å². The summed E-state index contributed by atoms with van der Waals surface area (Å²) in [6.07, 6.45) is 3.45. The molecule has 6 heteroatoms. The van der Waals surface area contributed by atoms with Gasteiger partial charge in [0.2, 0.25) is 0 Å². The maximum Gasteiger partial charge on any atom is 0.320 e. The SMILES string of the molecule is Cc1c(C[C@H](N)C(=O)O)ccc(O)c1-c1ncc[nH]1. The molecular weight excluding hydrogens is 246 g/mol. The Balaban J connectivity index is 2.43. The van der Waals surface area contributed by atoms with Gasteiger partial charge in [0.1, 0.15) is 17.6 Å². The van der Waals surface area contributed by atoms with Gasteiger partial charge in [-0.05, 0) is 30.5 Å². The molecule has 0 radical (unpaired) electrons. The number of carboxylic acids is 1. The van der Waals surface area contributed by atoms with E-state index in [0.29, 0.717) is 11.4 Å². The summed E-state index contributed by atoms with van der Waals surface area (Å²) < 4.78 is 0. The largest absolute Gasteiger partial charge is 0.507 e. The number of imidazole rings is 1. The van der Waals surface area contributed by atoms with E-state index in [4.69, 9.17) is 10.8 Å². The van der Waals surface area contributed by atoms with Crippen molar-refractivity contribution in [3.63, 3.8) is 0 Å². The van der Waals surface area contributed by atoms with Crippen LogP contribution in [0.25, 0.3) is 11.4 Å². The molecular formula is C13H15N3O3. The van der Waals surface area contributed by atoms with Crippen LogP contribution >= 0.6 is 0 Å². The number of aromatic hydroxyl groups is 1. The van der Waals surface area contributed by atoms with E-state index in [1.807, 2.05) is 6.92 Å². The molecule has 0 aliphatic heterocycles. The summed E-state index contributed by atoms with van der Waals surface area (Å²) in [7, 11) is 0. The first-order valence-corrected chi connectivity index (χ1v) is 5.80. The van der Waals surface area contributed by atoms with Crippen LogP contribution in [-0.2, 0) is 11.2 Å². The molecule has 6 nitrogen and oxygen atoms in total. The van der Waals surface area contributed by atoms with Gasteiger partial charge >= 0.3 is 5.97 Å². The average molecular weight is 261 g/mol. The molecule has 0 fully saturated rings. The topological polar surface area (TPSA) is 112 Å². The van der Waals surface area contributed by atoms with E-state index in [-0.39, 0.29) is 12.2 Å². The van der Waals surface area contributed by atoms with Crippen molar-refractivity contribution in [3.05, 3.63) is 35.7 Å². The van der Waals surface area contributed by atoms with Crippen LogP contribution in [0.3, 0.4) is 0 Å². The Morgan fingerprint density at radius 3 is 2.84 bits per heavy atom. The first-order chi connectivity index (χ1) is 9.00. The van der Waals surface area contributed by atoms with Gasteiger partial charge in [-0.15, -0.1) is 0 Å². The quantitative estimate of drug-likeness (QED) is 0.657. The van der Waals surface area contributed by atoms with Crippen molar-refractivity contribution in [3.8, 4) is 17.1 Å². The fraction of sp³-hybridized carbons (Fsp3) is 0.231. The fourth-order valence-corrected chi connectivity index (χ4v) is 1.99. The summed E-state index contributed by atoms with van der Waals surface area (Å²) in [6, 6.07) is 2.24. The Bertz CT molecular complexity index is 593. The van der Waals surface area contributed by atoms with Crippen LogP contribution in [0.15, 0.2) is 24.5 Å². The zero-order chi connectivity index (χ0) is 14.0. The summed E-state index contributed by atoms with van der Waals surface area (Å²) >= 11 is 0. The number of hydrogen-bond acceptors (Lipinski definition) is 4. The predicted octanol–water partition coefficient (Wildman–Crippen LogP) is 1.05. The van der Waals surface area contributed by atoms with E-state index >= 15 is 0 Å². The number of benzene rings is 1. The normalized spacial score (nSPS) is 12.3.